The molecule has 25 heavy (non-hydrogen) atoms. The number of likely N-dealkylation sites (tertiary alicyclic amines) is 1. The van der Waals surface area contributed by atoms with Gasteiger partial charge in [0.15, 0.2) is 0 Å². The Hall–Kier alpha value is -2.50. The van der Waals surface area contributed by atoms with Gasteiger partial charge in [-0.1, -0.05) is 59.3 Å². The Morgan fingerprint density at radius 2 is 1.96 bits per heavy atom. The van der Waals surface area contributed by atoms with Crippen molar-refractivity contribution in [1.82, 2.24) is 15.0 Å². The number of rotatable bonds is 4. The average Bonchev–Trinajstić information content (AvgIpc) is 3.23. The molecule has 0 unspecified atom stereocenters. The molecule has 0 aliphatic carbocycles. The van der Waals surface area contributed by atoms with Crippen molar-refractivity contribution in [3.8, 4) is 11.4 Å². The van der Waals surface area contributed by atoms with Gasteiger partial charge in [-0.3, -0.25) is 4.90 Å². The summed E-state index contributed by atoms with van der Waals surface area (Å²) < 4.78 is 5.45. The minimum Gasteiger partial charge on any atom is -0.338 e. The first kappa shape index (κ1) is 16.0. The van der Waals surface area contributed by atoms with E-state index in [9.17, 15) is 0 Å². The van der Waals surface area contributed by atoms with E-state index in [2.05, 4.69) is 58.4 Å². The van der Waals surface area contributed by atoms with Crippen molar-refractivity contribution in [2.75, 3.05) is 13.1 Å². The molecule has 128 valence electrons. The maximum atomic E-state index is 6.36. The molecule has 0 spiro atoms. The number of aromatic nitrogens is 2. The zero-order valence-electron chi connectivity index (χ0n) is 14.3. The van der Waals surface area contributed by atoms with Crippen molar-refractivity contribution in [2.24, 2.45) is 5.73 Å². The molecule has 1 aliphatic rings. The standard InChI is InChI=1S/C20H22N4O/c1-14-6-5-9-16(10-14)20-22-19(25-23-20)13-24-11-17(18(21)12-24)15-7-3-2-4-8-15/h2-10,17-18H,11-13,21H2,1H3/t17-,18+/m0/s1. The first-order valence-corrected chi connectivity index (χ1v) is 8.61. The number of hydrogen-bond donors (Lipinski definition) is 1. The molecule has 1 aliphatic heterocycles. The Balaban J connectivity index is 1.45. The molecule has 0 amide bonds. The maximum Gasteiger partial charge on any atom is 0.241 e. The first-order valence-electron chi connectivity index (χ1n) is 8.61. The van der Waals surface area contributed by atoms with E-state index < -0.39 is 0 Å². The summed E-state index contributed by atoms with van der Waals surface area (Å²) in [5, 5.41) is 4.12. The van der Waals surface area contributed by atoms with Gasteiger partial charge in [0.05, 0.1) is 6.54 Å². The minimum absolute atomic E-state index is 0.126. The normalized spacial score (nSPS) is 20.9. The van der Waals surface area contributed by atoms with Gasteiger partial charge >= 0.3 is 0 Å². The molecular formula is C20H22N4O. The summed E-state index contributed by atoms with van der Waals surface area (Å²) in [5.41, 5.74) is 9.82. The molecule has 2 heterocycles. The number of nitrogens with zero attached hydrogens (tertiary/aromatic N) is 3. The molecule has 1 fully saturated rings. The summed E-state index contributed by atoms with van der Waals surface area (Å²) >= 11 is 0. The number of aryl methyl sites for hydroxylation is 1. The van der Waals surface area contributed by atoms with E-state index in [0.717, 1.165) is 18.7 Å². The van der Waals surface area contributed by atoms with Crippen LogP contribution in [0.1, 0.15) is 22.9 Å². The van der Waals surface area contributed by atoms with Gasteiger partial charge in [0.1, 0.15) is 0 Å². The lowest BCUT2D eigenvalue weighted by molar-refractivity contribution is 0.264. The monoisotopic (exact) mass is 334 g/mol. The Kier molecular flexibility index (Phi) is 4.34. The lowest BCUT2D eigenvalue weighted by atomic mass is 9.95. The zero-order chi connectivity index (χ0) is 17.2. The molecule has 0 saturated carbocycles. The fraction of sp³-hybridized carbons (Fsp3) is 0.300. The van der Waals surface area contributed by atoms with Gasteiger partial charge < -0.3 is 10.3 Å². The highest BCUT2D eigenvalue weighted by Crippen LogP contribution is 2.27. The summed E-state index contributed by atoms with van der Waals surface area (Å²) in [6.07, 6.45) is 0. The van der Waals surface area contributed by atoms with Crippen molar-refractivity contribution in [2.45, 2.75) is 25.4 Å². The van der Waals surface area contributed by atoms with E-state index in [4.69, 9.17) is 10.3 Å². The Labute approximate surface area is 147 Å². The molecular weight excluding hydrogens is 312 g/mol. The molecule has 1 aromatic heterocycles. The highest BCUT2D eigenvalue weighted by atomic mass is 16.5. The Morgan fingerprint density at radius 3 is 2.76 bits per heavy atom. The van der Waals surface area contributed by atoms with E-state index >= 15 is 0 Å². The SMILES string of the molecule is Cc1cccc(-c2noc(CN3C[C@@H](N)[C@H](c4ccccc4)C3)n2)c1. The van der Waals surface area contributed by atoms with Crippen molar-refractivity contribution in [3.05, 3.63) is 71.6 Å². The number of benzene rings is 2. The molecule has 4 rings (SSSR count). The Bertz CT molecular complexity index is 846. The van der Waals surface area contributed by atoms with Crippen LogP contribution in [-0.2, 0) is 6.54 Å². The van der Waals surface area contributed by atoms with Crippen LogP contribution in [0.3, 0.4) is 0 Å². The van der Waals surface area contributed by atoms with Crippen molar-refractivity contribution in [1.29, 1.82) is 0 Å². The van der Waals surface area contributed by atoms with Gasteiger partial charge in [0, 0.05) is 30.6 Å². The zero-order valence-corrected chi connectivity index (χ0v) is 14.3. The Morgan fingerprint density at radius 1 is 1.12 bits per heavy atom. The van der Waals surface area contributed by atoms with Crippen molar-refractivity contribution < 1.29 is 4.52 Å². The van der Waals surface area contributed by atoms with Crippen molar-refractivity contribution >= 4 is 0 Å². The van der Waals surface area contributed by atoms with Gasteiger partial charge in [-0.05, 0) is 18.6 Å². The summed E-state index contributed by atoms with van der Waals surface area (Å²) in [7, 11) is 0. The third kappa shape index (κ3) is 3.48. The highest BCUT2D eigenvalue weighted by Gasteiger charge is 2.32. The fourth-order valence-electron chi connectivity index (χ4n) is 3.51. The van der Waals surface area contributed by atoms with Crippen LogP contribution in [0.25, 0.3) is 11.4 Å². The number of hydrogen-bond acceptors (Lipinski definition) is 5. The van der Waals surface area contributed by atoms with Crippen molar-refractivity contribution in [3.63, 3.8) is 0 Å². The fourth-order valence-corrected chi connectivity index (χ4v) is 3.51. The third-order valence-electron chi connectivity index (χ3n) is 4.77. The third-order valence-corrected chi connectivity index (χ3v) is 4.77. The van der Waals surface area contributed by atoms with E-state index in [1.807, 2.05) is 18.2 Å². The molecule has 0 bridgehead atoms. The van der Waals surface area contributed by atoms with Crippen LogP contribution in [-0.4, -0.2) is 34.2 Å². The molecule has 5 nitrogen and oxygen atoms in total. The van der Waals surface area contributed by atoms with Crippen LogP contribution in [0.2, 0.25) is 0 Å². The van der Waals surface area contributed by atoms with Crippen LogP contribution < -0.4 is 5.73 Å². The van der Waals surface area contributed by atoms with Crippen LogP contribution in [0.4, 0.5) is 0 Å². The van der Waals surface area contributed by atoms with Gasteiger partial charge in [0.2, 0.25) is 11.7 Å². The second kappa shape index (κ2) is 6.78. The van der Waals surface area contributed by atoms with Gasteiger partial charge in [0.25, 0.3) is 0 Å². The lowest BCUT2D eigenvalue weighted by Gasteiger charge is -2.14. The summed E-state index contributed by atoms with van der Waals surface area (Å²) in [5.74, 6) is 1.62. The number of nitrogens with two attached hydrogens (primary N) is 1. The van der Waals surface area contributed by atoms with Crippen LogP contribution in [0.5, 0.6) is 0 Å². The van der Waals surface area contributed by atoms with Gasteiger partial charge in [-0.25, -0.2) is 0 Å². The highest BCUT2D eigenvalue weighted by molar-refractivity contribution is 5.55. The molecule has 2 N–H and O–H groups in total. The second-order valence-electron chi connectivity index (χ2n) is 6.76. The maximum absolute atomic E-state index is 6.36. The van der Waals surface area contributed by atoms with Gasteiger partial charge in [-0.2, -0.15) is 4.98 Å². The van der Waals surface area contributed by atoms with E-state index in [1.54, 1.807) is 0 Å². The molecule has 3 aromatic rings. The molecule has 1 saturated heterocycles. The van der Waals surface area contributed by atoms with Crippen LogP contribution in [0.15, 0.2) is 59.1 Å². The van der Waals surface area contributed by atoms with Crippen LogP contribution >= 0.6 is 0 Å². The topological polar surface area (TPSA) is 68.2 Å². The lowest BCUT2D eigenvalue weighted by Crippen LogP contribution is -2.28. The quantitative estimate of drug-likeness (QED) is 0.794. The second-order valence-corrected chi connectivity index (χ2v) is 6.76. The van der Waals surface area contributed by atoms with Crippen LogP contribution in [0, 0.1) is 6.92 Å². The minimum atomic E-state index is 0.126. The average molecular weight is 334 g/mol. The van der Waals surface area contributed by atoms with Gasteiger partial charge in [-0.15, -0.1) is 0 Å². The largest absolute Gasteiger partial charge is 0.338 e. The first-order chi connectivity index (χ1) is 12.2. The predicted molar refractivity (Wildman–Crippen MR) is 96.9 cm³/mol. The molecule has 2 aromatic carbocycles. The molecule has 5 heteroatoms. The van der Waals surface area contributed by atoms with E-state index in [-0.39, 0.29) is 6.04 Å². The smallest absolute Gasteiger partial charge is 0.241 e. The molecule has 0 radical (unpaired) electrons. The van der Waals surface area contributed by atoms with E-state index in [0.29, 0.717) is 24.2 Å². The van der Waals surface area contributed by atoms with E-state index in [1.165, 1.54) is 11.1 Å². The summed E-state index contributed by atoms with van der Waals surface area (Å²) in [6, 6.07) is 18.7. The predicted octanol–water partition coefficient (Wildman–Crippen LogP) is 2.97. The summed E-state index contributed by atoms with van der Waals surface area (Å²) in [4.78, 5) is 6.84. The summed E-state index contributed by atoms with van der Waals surface area (Å²) in [6.45, 7) is 4.44. The molecule has 2 atom stereocenters.